The molecule has 0 aliphatic carbocycles. The van der Waals surface area contributed by atoms with Crippen LogP contribution in [0, 0.1) is 11.8 Å². The maximum atomic E-state index is 12.3. The number of nitrogens with one attached hydrogen (secondary N) is 3. The Kier molecular flexibility index (Phi) is 7.91. The maximum absolute atomic E-state index is 12.3. The number of methoxy groups -OCH3 is 1. The number of benzene rings is 1. The highest BCUT2D eigenvalue weighted by Gasteiger charge is 2.24. The number of rotatable bonds is 7. The third kappa shape index (κ3) is 6.82. The molecule has 1 rings (SSSR count). The third-order valence-corrected chi connectivity index (χ3v) is 3.62. The van der Waals surface area contributed by atoms with Crippen LogP contribution in [0.1, 0.15) is 33.3 Å². The Morgan fingerprint density at radius 3 is 2.08 bits per heavy atom. The van der Waals surface area contributed by atoms with E-state index in [1.807, 2.05) is 39.8 Å². The molecule has 25 heavy (non-hydrogen) atoms. The molecule has 7 heteroatoms. The number of amides is 3. The van der Waals surface area contributed by atoms with Gasteiger partial charge in [0.2, 0.25) is 11.8 Å². The molecule has 0 saturated heterocycles. The zero-order chi connectivity index (χ0) is 19.0. The van der Waals surface area contributed by atoms with Gasteiger partial charge in [-0.3, -0.25) is 9.59 Å². The minimum Gasteiger partial charge on any atom is -0.453 e. The SMILES string of the molecule is COC(=O)NC(C(=O)NCc1ccc(NC(=O)C(C)C)cc1)C(C)C. The van der Waals surface area contributed by atoms with E-state index >= 15 is 0 Å². The van der Waals surface area contributed by atoms with Gasteiger partial charge in [0.15, 0.2) is 0 Å². The first-order valence-corrected chi connectivity index (χ1v) is 8.26. The average molecular weight is 349 g/mol. The fourth-order valence-electron chi connectivity index (χ4n) is 2.01. The molecule has 0 heterocycles. The summed E-state index contributed by atoms with van der Waals surface area (Å²) < 4.78 is 4.54. The van der Waals surface area contributed by atoms with Crippen LogP contribution >= 0.6 is 0 Å². The van der Waals surface area contributed by atoms with Crippen LogP contribution in [0.15, 0.2) is 24.3 Å². The molecule has 1 unspecified atom stereocenters. The van der Waals surface area contributed by atoms with Crippen LogP contribution in [-0.4, -0.2) is 31.1 Å². The molecule has 3 N–H and O–H groups in total. The summed E-state index contributed by atoms with van der Waals surface area (Å²) in [6.45, 7) is 7.65. The molecule has 0 aromatic heterocycles. The van der Waals surface area contributed by atoms with Crippen molar-refractivity contribution in [2.45, 2.75) is 40.3 Å². The molecule has 3 amide bonds. The van der Waals surface area contributed by atoms with E-state index in [2.05, 4.69) is 20.7 Å². The molecule has 0 saturated carbocycles. The van der Waals surface area contributed by atoms with Crippen molar-refractivity contribution in [2.75, 3.05) is 12.4 Å². The summed E-state index contributed by atoms with van der Waals surface area (Å²) in [5.41, 5.74) is 1.60. The number of ether oxygens (including phenoxy) is 1. The highest BCUT2D eigenvalue weighted by Crippen LogP contribution is 2.11. The van der Waals surface area contributed by atoms with Gasteiger partial charge in [-0.2, -0.15) is 0 Å². The van der Waals surface area contributed by atoms with Crippen molar-refractivity contribution < 1.29 is 19.1 Å². The summed E-state index contributed by atoms with van der Waals surface area (Å²) in [6.07, 6.45) is -0.640. The second kappa shape index (κ2) is 9.66. The van der Waals surface area contributed by atoms with Crippen molar-refractivity contribution in [3.05, 3.63) is 29.8 Å². The average Bonchev–Trinajstić information content (AvgIpc) is 2.58. The van der Waals surface area contributed by atoms with Gasteiger partial charge in [0.05, 0.1) is 7.11 Å². The molecule has 0 bridgehead atoms. The molecule has 0 radical (unpaired) electrons. The van der Waals surface area contributed by atoms with Crippen LogP contribution in [-0.2, 0) is 20.9 Å². The van der Waals surface area contributed by atoms with E-state index in [4.69, 9.17) is 0 Å². The first-order valence-electron chi connectivity index (χ1n) is 8.26. The van der Waals surface area contributed by atoms with Crippen LogP contribution < -0.4 is 16.0 Å². The molecular formula is C18H27N3O4. The van der Waals surface area contributed by atoms with Crippen LogP contribution in [0.5, 0.6) is 0 Å². The lowest BCUT2D eigenvalue weighted by Gasteiger charge is -2.21. The lowest BCUT2D eigenvalue weighted by Crippen LogP contribution is -2.49. The summed E-state index contributed by atoms with van der Waals surface area (Å²) in [5, 5.41) is 8.12. The van der Waals surface area contributed by atoms with Gasteiger partial charge in [-0.15, -0.1) is 0 Å². The summed E-state index contributed by atoms with van der Waals surface area (Å²) in [7, 11) is 1.25. The predicted octanol–water partition coefficient (Wildman–Crippen LogP) is 2.28. The topological polar surface area (TPSA) is 96.5 Å². The minimum atomic E-state index is -0.669. The Bertz CT molecular complexity index is 597. The smallest absolute Gasteiger partial charge is 0.407 e. The second-order valence-electron chi connectivity index (χ2n) is 6.42. The molecule has 138 valence electrons. The standard InChI is InChI=1S/C18H27N3O4/c1-11(2)15(21-18(24)25-5)17(23)19-10-13-6-8-14(9-7-13)20-16(22)12(3)4/h6-9,11-12,15H,10H2,1-5H3,(H,19,23)(H,20,22)(H,21,24). The van der Waals surface area contributed by atoms with E-state index in [-0.39, 0.29) is 23.7 Å². The van der Waals surface area contributed by atoms with Crippen molar-refractivity contribution in [1.29, 1.82) is 0 Å². The zero-order valence-corrected chi connectivity index (χ0v) is 15.4. The first-order chi connectivity index (χ1) is 11.7. The number of carbonyl (C=O) groups is 3. The van der Waals surface area contributed by atoms with Crippen LogP contribution in [0.2, 0.25) is 0 Å². The normalized spacial score (nSPS) is 11.8. The summed E-state index contributed by atoms with van der Waals surface area (Å²) in [5.74, 6) is -0.491. The van der Waals surface area contributed by atoms with Crippen molar-refractivity contribution >= 4 is 23.6 Å². The van der Waals surface area contributed by atoms with Crippen LogP contribution in [0.3, 0.4) is 0 Å². The lowest BCUT2D eigenvalue weighted by molar-refractivity contribution is -0.124. The molecule has 0 spiro atoms. The molecule has 0 aliphatic heterocycles. The van der Waals surface area contributed by atoms with Crippen molar-refractivity contribution in [3.63, 3.8) is 0 Å². The van der Waals surface area contributed by atoms with Gasteiger partial charge < -0.3 is 20.7 Å². The van der Waals surface area contributed by atoms with Crippen molar-refractivity contribution in [3.8, 4) is 0 Å². The molecule has 7 nitrogen and oxygen atoms in total. The van der Waals surface area contributed by atoms with Gasteiger partial charge in [0.1, 0.15) is 6.04 Å². The van der Waals surface area contributed by atoms with Crippen LogP contribution in [0.25, 0.3) is 0 Å². The Morgan fingerprint density at radius 1 is 1.00 bits per heavy atom. The molecule has 1 aromatic rings. The number of hydrogen-bond acceptors (Lipinski definition) is 4. The van der Waals surface area contributed by atoms with E-state index < -0.39 is 12.1 Å². The third-order valence-electron chi connectivity index (χ3n) is 3.62. The summed E-state index contributed by atoms with van der Waals surface area (Å²) >= 11 is 0. The number of anilines is 1. The molecule has 0 fully saturated rings. The van der Waals surface area contributed by atoms with Gasteiger partial charge >= 0.3 is 6.09 Å². The molecule has 1 aromatic carbocycles. The quantitative estimate of drug-likeness (QED) is 0.703. The van der Waals surface area contributed by atoms with E-state index in [9.17, 15) is 14.4 Å². The largest absolute Gasteiger partial charge is 0.453 e. The van der Waals surface area contributed by atoms with E-state index in [0.29, 0.717) is 12.2 Å². The summed E-state index contributed by atoms with van der Waals surface area (Å²) in [4.78, 5) is 35.2. The predicted molar refractivity (Wildman–Crippen MR) is 95.9 cm³/mol. The van der Waals surface area contributed by atoms with Crippen LogP contribution in [0.4, 0.5) is 10.5 Å². The minimum absolute atomic E-state index is 0.0466. The Balaban J connectivity index is 2.60. The zero-order valence-electron chi connectivity index (χ0n) is 15.4. The van der Waals surface area contributed by atoms with Gasteiger partial charge in [-0.05, 0) is 23.6 Å². The lowest BCUT2D eigenvalue weighted by atomic mass is 10.0. The Morgan fingerprint density at radius 2 is 1.60 bits per heavy atom. The highest BCUT2D eigenvalue weighted by atomic mass is 16.5. The van der Waals surface area contributed by atoms with E-state index in [0.717, 1.165) is 5.56 Å². The first kappa shape index (κ1) is 20.5. The van der Waals surface area contributed by atoms with E-state index in [1.165, 1.54) is 7.11 Å². The Hall–Kier alpha value is -2.57. The maximum Gasteiger partial charge on any atom is 0.407 e. The van der Waals surface area contributed by atoms with Gasteiger partial charge in [0, 0.05) is 18.2 Å². The fourth-order valence-corrected chi connectivity index (χ4v) is 2.01. The number of hydrogen-bond donors (Lipinski definition) is 3. The molecule has 1 atom stereocenters. The van der Waals surface area contributed by atoms with E-state index in [1.54, 1.807) is 12.1 Å². The van der Waals surface area contributed by atoms with Gasteiger partial charge in [0.25, 0.3) is 0 Å². The fraction of sp³-hybridized carbons (Fsp3) is 0.500. The van der Waals surface area contributed by atoms with Gasteiger partial charge in [-0.25, -0.2) is 4.79 Å². The second-order valence-corrected chi connectivity index (χ2v) is 6.42. The number of alkyl carbamates (subject to hydrolysis) is 1. The molecule has 0 aliphatic rings. The monoisotopic (exact) mass is 349 g/mol. The number of carbonyl (C=O) groups excluding carboxylic acids is 3. The highest BCUT2D eigenvalue weighted by molar-refractivity contribution is 5.92. The molecular weight excluding hydrogens is 322 g/mol. The van der Waals surface area contributed by atoms with Crippen molar-refractivity contribution in [1.82, 2.24) is 10.6 Å². The Labute approximate surface area is 148 Å². The van der Waals surface area contributed by atoms with Crippen molar-refractivity contribution in [2.24, 2.45) is 11.8 Å². The summed E-state index contributed by atoms with van der Waals surface area (Å²) in [6, 6.07) is 6.56. The van der Waals surface area contributed by atoms with Gasteiger partial charge in [-0.1, -0.05) is 39.8 Å².